The molecular formula is C28H19F8NO3S2. The summed E-state index contributed by atoms with van der Waals surface area (Å²) < 4.78 is 115. The summed E-state index contributed by atoms with van der Waals surface area (Å²) in [7, 11) is 0. The maximum atomic E-state index is 14.7. The summed E-state index contributed by atoms with van der Waals surface area (Å²) in [5, 5.41) is 8.17. The van der Waals surface area contributed by atoms with E-state index in [1.807, 2.05) is 0 Å². The number of aliphatic carboxylic acids is 1. The Balaban J connectivity index is 1.75. The third kappa shape index (κ3) is 6.70. The molecule has 0 saturated carbocycles. The minimum absolute atomic E-state index is 0.261. The molecule has 3 aromatic carbocycles. The van der Waals surface area contributed by atoms with Gasteiger partial charge in [-0.05, 0) is 56.2 Å². The Morgan fingerprint density at radius 3 is 2.10 bits per heavy atom. The first kappa shape index (κ1) is 31.3. The van der Waals surface area contributed by atoms with Crippen LogP contribution in [0.3, 0.4) is 0 Å². The summed E-state index contributed by atoms with van der Waals surface area (Å²) in [6, 6.07) is 8.80. The molecule has 0 aliphatic carbocycles. The fraction of sp³-hybridized carbons (Fsp3) is 0.214. The lowest BCUT2D eigenvalue weighted by Crippen LogP contribution is -2.11. The van der Waals surface area contributed by atoms with Crippen LogP contribution in [-0.4, -0.2) is 22.7 Å². The average molecular weight is 634 g/mol. The fourth-order valence-electron chi connectivity index (χ4n) is 4.00. The van der Waals surface area contributed by atoms with E-state index < -0.39 is 70.6 Å². The second-order valence-corrected chi connectivity index (χ2v) is 11.3. The maximum Gasteiger partial charge on any atom is 0.416 e. The Morgan fingerprint density at radius 2 is 1.55 bits per heavy atom. The van der Waals surface area contributed by atoms with Crippen LogP contribution in [0.25, 0.3) is 10.6 Å². The molecule has 1 heterocycles. The molecule has 0 aliphatic heterocycles. The third-order valence-electron chi connectivity index (χ3n) is 6.05. The van der Waals surface area contributed by atoms with E-state index in [-0.39, 0.29) is 10.8 Å². The normalized spacial score (nSPS) is 12.4. The molecule has 222 valence electrons. The Labute approximate surface area is 242 Å². The summed E-state index contributed by atoms with van der Waals surface area (Å²) in [6.45, 7) is 2.59. The van der Waals surface area contributed by atoms with Crippen LogP contribution in [0.5, 0.6) is 5.75 Å². The van der Waals surface area contributed by atoms with Crippen LogP contribution in [0.4, 0.5) is 35.1 Å². The van der Waals surface area contributed by atoms with Crippen LogP contribution in [0, 0.1) is 42.9 Å². The van der Waals surface area contributed by atoms with Crippen molar-refractivity contribution < 1.29 is 49.8 Å². The van der Waals surface area contributed by atoms with Crippen molar-refractivity contribution in [2.24, 2.45) is 0 Å². The number of carbonyl (C=O) groups is 1. The van der Waals surface area contributed by atoms with E-state index in [9.17, 15) is 39.9 Å². The molecule has 4 aromatic rings. The Bertz CT molecular complexity index is 1610. The molecule has 4 nitrogen and oxygen atoms in total. The highest BCUT2D eigenvalue weighted by Gasteiger charge is 2.31. The minimum Gasteiger partial charge on any atom is -0.482 e. The van der Waals surface area contributed by atoms with Crippen LogP contribution >= 0.6 is 23.1 Å². The summed E-state index contributed by atoms with van der Waals surface area (Å²) in [6.07, 6.45) is -5.20. The summed E-state index contributed by atoms with van der Waals surface area (Å²) >= 11 is 2.03. The SMILES string of the molecule is Cc1cc(SC(Cc2c(F)c(F)c(F)c(F)c2F)c2sc(-c3ccc(C(F)(F)F)cc3)nc2C)ccc1OCC(=O)O. The van der Waals surface area contributed by atoms with Crippen molar-refractivity contribution in [3.8, 4) is 16.3 Å². The lowest BCUT2D eigenvalue weighted by atomic mass is 10.1. The lowest BCUT2D eigenvalue weighted by molar-refractivity contribution is -0.139. The van der Waals surface area contributed by atoms with Crippen molar-refractivity contribution in [1.82, 2.24) is 4.98 Å². The maximum absolute atomic E-state index is 14.7. The van der Waals surface area contributed by atoms with Gasteiger partial charge in [-0.1, -0.05) is 12.1 Å². The third-order valence-corrected chi connectivity index (χ3v) is 8.73. The van der Waals surface area contributed by atoms with Gasteiger partial charge in [0.2, 0.25) is 5.82 Å². The molecule has 0 bridgehead atoms. The first-order valence-corrected chi connectivity index (χ1v) is 13.6. The number of aromatic nitrogens is 1. The number of halogens is 8. The number of carboxylic acid groups (broad SMARTS) is 1. The van der Waals surface area contributed by atoms with Crippen molar-refractivity contribution in [3.05, 3.63) is 98.8 Å². The van der Waals surface area contributed by atoms with Gasteiger partial charge in [0.1, 0.15) is 10.8 Å². The van der Waals surface area contributed by atoms with E-state index in [4.69, 9.17) is 9.84 Å². The number of ether oxygens (including phenoxy) is 1. The van der Waals surface area contributed by atoms with E-state index in [0.29, 0.717) is 26.6 Å². The molecule has 0 amide bonds. The summed E-state index contributed by atoms with van der Waals surface area (Å²) in [5.74, 6) is -11.3. The van der Waals surface area contributed by atoms with Crippen molar-refractivity contribution in [1.29, 1.82) is 0 Å². The van der Waals surface area contributed by atoms with E-state index >= 15 is 0 Å². The highest BCUT2D eigenvalue weighted by atomic mass is 32.2. The van der Waals surface area contributed by atoms with Gasteiger partial charge in [0, 0.05) is 26.1 Å². The monoisotopic (exact) mass is 633 g/mol. The van der Waals surface area contributed by atoms with Crippen LogP contribution in [0.2, 0.25) is 0 Å². The van der Waals surface area contributed by atoms with Crippen LogP contribution in [0.1, 0.15) is 32.5 Å². The Hall–Kier alpha value is -3.65. The van der Waals surface area contributed by atoms with E-state index in [2.05, 4.69) is 4.98 Å². The zero-order valence-corrected chi connectivity index (χ0v) is 23.2. The molecule has 0 fully saturated rings. The number of rotatable bonds is 9. The fourth-order valence-corrected chi connectivity index (χ4v) is 6.59. The van der Waals surface area contributed by atoms with Crippen LogP contribution in [-0.2, 0) is 17.4 Å². The first-order valence-electron chi connectivity index (χ1n) is 11.9. The number of thiazole rings is 1. The first-order chi connectivity index (χ1) is 19.7. The van der Waals surface area contributed by atoms with Gasteiger partial charge < -0.3 is 9.84 Å². The highest BCUT2D eigenvalue weighted by Crippen LogP contribution is 2.45. The minimum atomic E-state index is -4.55. The average Bonchev–Trinajstić information content (AvgIpc) is 3.33. The molecule has 0 aliphatic rings. The van der Waals surface area contributed by atoms with Crippen molar-refractivity contribution in [3.63, 3.8) is 0 Å². The molecule has 1 atom stereocenters. The van der Waals surface area contributed by atoms with Crippen molar-refractivity contribution in [2.75, 3.05) is 6.61 Å². The number of hydrogen-bond acceptors (Lipinski definition) is 5. The molecule has 1 aromatic heterocycles. The van der Waals surface area contributed by atoms with Gasteiger partial charge in [0.25, 0.3) is 0 Å². The molecule has 1 N–H and O–H groups in total. The number of nitrogens with zero attached hydrogens (tertiary/aromatic N) is 1. The van der Waals surface area contributed by atoms with Gasteiger partial charge in [0.05, 0.1) is 11.3 Å². The number of benzene rings is 3. The second kappa shape index (κ2) is 12.3. The standard InChI is InChI=1S/C28H19F8NO3S2/c1-12-9-16(7-8-18(12)40-11-20(38)39)41-19(10-17-21(29)23(31)25(33)24(32)22(17)30)26-13(2)37-27(42-26)14-3-5-15(6-4-14)28(34,35)36/h3-9,19H,10-11H2,1-2H3,(H,38,39). The molecule has 0 spiro atoms. The van der Waals surface area contributed by atoms with Crippen molar-refractivity contribution in [2.45, 2.75) is 36.6 Å². The predicted molar refractivity (Wildman–Crippen MR) is 140 cm³/mol. The summed E-state index contributed by atoms with van der Waals surface area (Å²) in [5.41, 5.74) is -0.716. The molecular weight excluding hydrogens is 614 g/mol. The number of carboxylic acids is 1. The predicted octanol–water partition coefficient (Wildman–Crippen LogP) is 8.68. The number of alkyl halides is 3. The van der Waals surface area contributed by atoms with Gasteiger partial charge in [0.15, 0.2) is 29.9 Å². The smallest absolute Gasteiger partial charge is 0.416 e. The van der Waals surface area contributed by atoms with Crippen LogP contribution < -0.4 is 4.74 Å². The lowest BCUT2D eigenvalue weighted by Gasteiger charge is -2.18. The van der Waals surface area contributed by atoms with Crippen molar-refractivity contribution >= 4 is 29.1 Å². The molecule has 42 heavy (non-hydrogen) atoms. The summed E-state index contributed by atoms with van der Waals surface area (Å²) in [4.78, 5) is 16.1. The molecule has 0 saturated heterocycles. The number of aryl methyl sites for hydroxylation is 2. The zero-order valence-electron chi connectivity index (χ0n) is 21.6. The zero-order chi connectivity index (χ0) is 30.9. The molecule has 1 unspecified atom stereocenters. The van der Waals surface area contributed by atoms with Gasteiger partial charge in [-0.2, -0.15) is 13.2 Å². The van der Waals surface area contributed by atoms with Gasteiger partial charge >= 0.3 is 12.1 Å². The highest BCUT2D eigenvalue weighted by molar-refractivity contribution is 7.99. The number of hydrogen-bond donors (Lipinski definition) is 1. The quantitative estimate of drug-likeness (QED) is 0.0865. The largest absolute Gasteiger partial charge is 0.482 e. The Kier molecular flexibility index (Phi) is 9.16. The number of thioether (sulfide) groups is 1. The van der Waals surface area contributed by atoms with Gasteiger partial charge in [-0.3, -0.25) is 0 Å². The van der Waals surface area contributed by atoms with Crippen LogP contribution in [0.15, 0.2) is 47.4 Å². The van der Waals surface area contributed by atoms with E-state index in [0.717, 1.165) is 35.2 Å². The van der Waals surface area contributed by atoms with Gasteiger partial charge in [-0.25, -0.2) is 31.7 Å². The van der Waals surface area contributed by atoms with E-state index in [1.54, 1.807) is 19.9 Å². The van der Waals surface area contributed by atoms with Gasteiger partial charge in [-0.15, -0.1) is 23.1 Å². The molecule has 4 rings (SSSR count). The Morgan fingerprint density at radius 1 is 0.952 bits per heavy atom. The molecule has 14 heteroatoms. The second-order valence-electron chi connectivity index (χ2n) is 9.01. The topological polar surface area (TPSA) is 59.4 Å². The van der Waals surface area contributed by atoms with E-state index in [1.165, 1.54) is 24.3 Å². The molecule has 0 radical (unpaired) electrons.